The molecule has 0 aliphatic heterocycles. The first-order valence-electron chi connectivity index (χ1n) is 5.95. The van der Waals surface area contributed by atoms with E-state index < -0.39 is 5.97 Å². The summed E-state index contributed by atoms with van der Waals surface area (Å²) in [6.07, 6.45) is 2.03. The zero-order valence-corrected chi connectivity index (χ0v) is 10.6. The summed E-state index contributed by atoms with van der Waals surface area (Å²) in [6, 6.07) is 7.79. The molecule has 100 valence electrons. The summed E-state index contributed by atoms with van der Waals surface area (Å²) in [7, 11) is 1.28. The Morgan fingerprint density at radius 2 is 2.16 bits per heavy atom. The van der Waals surface area contributed by atoms with Gasteiger partial charge >= 0.3 is 5.97 Å². The van der Waals surface area contributed by atoms with Crippen LogP contribution in [0.15, 0.2) is 30.5 Å². The second-order valence-corrected chi connectivity index (χ2v) is 4.03. The number of nitrogens with one attached hydrogen (secondary N) is 1. The molecule has 0 bridgehead atoms. The van der Waals surface area contributed by atoms with Gasteiger partial charge in [0.05, 0.1) is 25.4 Å². The monoisotopic (exact) mass is 261 g/mol. The van der Waals surface area contributed by atoms with Crippen LogP contribution in [0.2, 0.25) is 0 Å². The molecule has 19 heavy (non-hydrogen) atoms. The molecule has 1 heterocycles. The number of benzene rings is 1. The average Bonchev–Trinajstić information content (AvgIpc) is 2.85. The van der Waals surface area contributed by atoms with Crippen molar-refractivity contribution in [3.8, 4) is 0 Å². The Morgan fingerprint density at radius 3 is 2.95 bits per heavy atom. The maximum atomic E-state index is 11.5. The first-order valence-corrected chi connectivity index (χ1v) is 5.95. The predicted molar refractivity (Wildman–Crippen MR) is 69.4 cm³/mol. The van der Waals surface area contributed by atoms with Crippen LogP contribution >= 0.6 is 0 Å². The Labute approximate surface area is 110 Å². The van der Waals surface area contributed by atoms with E-state index in [-0.39, 0.29) is 18.9 Å². The number of rotatable bonds is 5. The molecule has 0 aliphatic rings. The summed E-state index contributed by atoms with van der Waals surface area (Å²) < 4.78 is 6.21. The van der Waals surface area contributed by atoms with Crippen LogP contribution < -0.4 is 5.32 Å². The molecule has 0 saturated carbocycles. The minimum atomic E-state index is -0.460. The van der Waals surface area contributed by atoms with Gasteiger partial charge in [-0.25, -0.2) is 0 Å². The second-order valence-electron chi connectivity index (χ2n) is 4.03. The molecular weight excluding hydrogens is 246 g/mol. The molecule has 0 saturated heterocycles. The van der Waals surface area contributed by atoms with E-state index in [1.54, 1.807) is 10.9 Å². The summed E-state index contributed by atoms with van der Waals surface area (Å²) >= 11 is 0. The number of hydrogen-bond acceptors (Lipinski definition) is 4. The smallest absolute Gasteiger partial charge is 0.325 e. The topological polar surface area (TPSA) is 73.2 Å². The van der Waals surface area contributed by atoms with E-state index in [1.807, 2.05) is 24.3 Å². The lowest BCUT2D eigenvalue weighted by Gasteiger charge is -2.05. The SMILES string of the molecule is COC(=O)CNC(=O)CCn1ncc2ccccc21. The number of fused-ring (bicyclic) bond motifs is 1. The van der Waals surface area contributed by atoms with Crippen molar-refractivity contribution in [3.63, 3.8) is 0 Å². The molecule has 2 rings (SSSR count). The van der Waals surface area contributed by atoms with Gasteiger partial charge in [-0.2, -0.15) is 5.10 Å². The Morgan fingerprint density at radius 1 is 1.37 bits per heavy atom. The third kappa shape index (κ3) is 3.31. The van der Waals surface area contributed by atoms with Gasteiger partial charge in [0.2, 0.25) is 5.91 Å². The molecule has 0 aliphatic carbocycles. The van der Waals surface area contributed by atoms with Gasteiger partial charge in [0.15, 0.2) is 0 Å². The predicted octanol–water partition coefficient (Wildman–Crippen LogP) is 0.716. The average molecular weight is 261 g/mol. The van der Waals surface area contributed by atoms with Gasteiger partial charge in [0.1, 0.15) is 6.54 Å². The van der Waals surface area contributed by atoms with Crippen LogP contribution in [0.5, 0.6) is 0 Å². The molecule has 1 aromatic heterocycles. The molecule has 1 amide bonds. The highest BCUT2D eigenvalue weighted by Crippen LogP contribution is 2.12. The van der Waals surface area contributed by atoms with Gasteiger partial charge in [-0.1, -0.05) is 18.2 Å². The molecule has 1 aromatic carbocycles. The molecule has 0 atom stereocenters. The lowest BCUT2D eigenvalue weighted by molar-refractivity contribution is -0.141. The van der Waals surface area contributed by atoms with Crippen LogP contribution in [0.4, 0.5) is 0 Å². The van der Waals surface area contributed by atoms with Crippen LogP contribution in [-0.4, -0.2) is 35.3 Å². The first kappa shape index (κ1) is 13.1. The fraction of sp³-hybridized carbons (Fsp3) is 0.308. The number of carbonyl (C=O) groups is 2. The van der Waals surface area contributed by atoms with Crippen molar-refractivity contribution in [2.75, 3.05) is 13.7 Å². The van der Waals surface area contributed by atoms with E-state index in [0.717, 1.165) is 10.9 Å². The van der Waals surface area contributed by atoms with E-state index in [9.17, 15) is 9.59 Å². The molecule has 6 heteroatoms. The van der Waals surface area contributed by atoms with E-state index in [1.165, 1.54) is 7.11 Å². The van der Waals surface area contributed by atoms with Gasteiger partial charge in [0.25, 0.3) is 0 Å². The molecule has 0 radical (unpaired) electrons. The normalized spacial score (nSPS) is 10.4. The Balaban J connectivity index is 1.88. The van der Waals surface area contributed by atoms with Crippen molar-refractivity contribution in [1.82, 2.24) is 15.1 Å². The van der Waals surface area contributed by atoms with Gasteiger partial charge in [-0.3, -0.25) is 14.3 Å². The van der Waals surface area contributed by atoms with Crippen LogP contribution in [0.3, 0.4) is 0 Å². The minimum absolute atomic E-state index is 0.102. The first-order chi connectivity index (χ1) is 9.20. The Hall–Kier alpha value is -2.37. The number of aryl methyl sites for hydroxylation is 1. The maximum absolute atomic E-state index is 11.5. The quantitative estimate of drug-likeness (QED) is 0.805. The largest absolute Gasteiger partial charge is 0.468 e. The molecule has 0 spiro atoms. The van der Waals surface area contributed by atoms with Gasteiger partial charge < -0.3 is 10.1 Å². The van der Waals surface area contributed by atoms with Crippen molar-refractivity contribution in [3.05, 3.63) is 30.5 Å². The van der Waals surface area contributed by atoms with Crippen molar-refractivity contribution in [1.29, 1.82) is 0 Å². The number of ether oxygens (including phenoxy) is 1. The second kappa shape index (κ2) is 5.99. The highest BCUT2D eigenvalue weighted by atomic mass is 16.5. The number of amides is 1. The number of aromatic nitrogens is 2. The standard InChI is InChI=1S/C13H15N3O3/c1-19-13(18)9-14-12(17)6-7-16-11-5-3-2-4-10(11)8-15-16/h2-5,8H,6-7,9H2,1H3,(H,14,17). The fourth-order valence-electron chi connectivity index (χ4n) is 1.74. The molecule has 0 fully saturated rings. The maximum Gasteiger partial charge on any atom is 0.325 e. The van der Waals surface area contributed by atoms with Crippen LogP contribution in [0, 0.1) is 0 Å². The zero-order valence-electron chi connectivity index (χ0n) is 10.6. The Kier molecular flexibility index (Phi) is 4.12. The number of nitrogens with zero attached hydrogens (tertiary/aromatic N) is 2. The molecule has 2 aromatic rings. The summed E-state index contributed by atoms with van der Waals surface area (Å²) in [5, 5.41) is 7.75. The van der Waals surface area contributed by atoms with Crippen molar-refractivity contribution in [2.24, 2.45) is 0 Å². The van der Waals surface area contributed by atoms with Crippen LogP contribution in [0.25, 0.3) is 10.9 Å². The minimum Gasteiger partial charge on any atom is -0.468 e. The van der Waals surface area contributed by atoms with Crippen LogP contribution in [0.1, 0.15) is 6.42 Å². The van der Waals surface area contributed by atoms with E-state index in [2.05, 4.69) is 15.2 Å². The lowest BCUT2D eigenvalue weighted by atomic mass is 10.2. The van der Waals surface area contributed by atoms with Gasteiger partial charge in [0, 0.05) is 11.8 Å². The molecular formula is C13H15N3O3. The molecule has 1 N–H and O–H groups in total. The van der Waals surface area contributed by atoms with E-state index >= 15 is 0 Å². The van der Waals surface area contributed by atoms with Gasteiger partial charge in [-0.15, -0.1) is 0 Å². The molecule has 0 unspecified atom stereocenters. The van der Waals surface area contributed by atoms with Crippen molar-refractivity contribution < 1.29 is 14.3 Å². The summed E-state index contributed by atoms with van der Waals surface area (Å²) in [4.78, 5) is 22.4. The van der Waals surface area contributed by atoms with Gasteiger partial charge in [-0.05, 0) is 6.07 Å². The van der Waals surface area contributed by atoms with Crippen LogP contribution in [-0.2, 0) is 20.9 Å². The van der Waals surface area contributed by atoms with Crippen molar-refractivity contribution in [2.45, 2.75) is 13.0 Å². The highest BCUT2D eigenvalue weighted by Gasteiger charge is 2.07. The third-order valence-electron chi connectivity index (χ3n) is 2.76. The highest BCUT2D eigenvalue weighted by molar-refractivity contribution is 5.82. The van der Waals surface area contributed by atoms with Crippen molar-refractivity contribution >= 4 is 22.8 Å². The fourth-order valence-corrected chi connectivity index (χ4v) is 1.74. The molecule has 6 nitrogen and oxygen atoms in total. The summed E-state index contributed by atoms with van der Waals surface area (Å²) in [5.41, 5.74) is 0.989. The lowest BCUT2D eigenvalue weighted by Crippen LogP contribution is -2.30. The number of methoxy groups -OCH3 is 1. The van der Waals surface area contributed by atoms with E-state index in [4.69, 9.17) is 0 Å². The number of esters is 1. The van der Waals surface area contributed by atoms with E-state index in [0.29, 0.717) is 6.54 Å². The Bertz CT molecular complexity index is 592. The number of carbonyl (C=O) groups excluding carboxylic acids is 2. The summed E-state index contributed by atoms with van der Waals surface area (Å²) in [6.45, 7) is 0.371. The number of para-hydroxylation sites is 1. The summed E-state index contributed by atoms with van der Waals surface area (Å²) in [5.74, 6) is -0.664. The third-order valence-corrected chi connectivity index (χ3v) is 2.76. The zero-order chi connectivity index (χ0) is 13.7. The number of hydrogen-bond donors (Lipinski definition) is 1.